The molecule has 0 saturated heterocycles. The predicted octanol–water partition coefficient (Wildman–Crippen LogP) is 4.16. The zero-order chi connectivity index (χ0) is 15.2. The molecule has 21 heavy (non-hydrogen) atoms. The Hall–Kier alpha value is -1.29. The van der Waals surface area contributed by atoms with Gasteiger partial charge in [0.2, 0.25) is 0 Å². The number of aryl methyl sites for hydroxylation is 2. The van der Waals surface area contributed by atoms with Gasteiger partial charge >= 0.3 is 0 Å². The molecule has 112 valence electrons. The van der Waals surface area contributed by atoms with Crippen LogP contribution >= 0.6 is 11.8 Å². The first-order valence-corrected chi connectivity index (χ1v) is 8.37. The van der Waals surface area contributed by atoms with Crippen LogP contribution in [0, 0.1) is 13.8 Å². The number of rotatable bonds is 6. The summed E-state index contributed by atoms with van der Waals surface area (Å²) < 4.78 is 0. The fraction of sp³-hybridized carbons (Fsp3) is 0.333. The van der Waals surface area contributed by atoms with Crippen LogP contribution in [0.5, 0.6) is 0 Å². The molecule has 0 radical (unpaired) electrons. The molecule has 2 aromatic carbocycles. The summed E-state index contributed by atoms with van der Waals surface area (Å²) in [5.74, 6) is 6.87. The topological polar surface area (TPSA) is 38.0 Å². The maximum atomic E-state index is 5.77. The van der Waals surface area contributed by atoms with Gasteiger partial charge in [0.25, 0.3) is 0 Å². The molecular formula is C18H24N2S. The third-order valence-corrected chi connectivity index (χ3v) is 4.41. The first-order chi connectivity index (χ1) is 10.1. The summed E-state index contributed by atoms with van der Waals surface area (Å²) >= 11 is 1.86. The van der Waals surface area contributed by atoms with Gasteiger partial charge in [-0.25, -0.2) is 0 Å². The summed E-state index contributed by atoms with van der Waals surface area (Å²) in [4.78, 5) is 1.31. The number of hydrogen-bond acceptors (Lipinski definition) is 3. The van der Waals surface area contributed by atoms with Gasteiger partial charge in [-0.2, -0.15) is 0 Å². The maximum Gasteiger partial charge on any atom is 0.0500 e. The normalized spacial score (nSPS) is 12.4. The van der Waals surface area contributed by atoms with Crippen LogP contribution in [0.2, 0.25) is 0 Å². The molecule has 0 aliphatic rings. The molecule has 1 unspecified atom stereocenters. The van der Waals surface area contributed by atoms with E-state index >= 15 is 0 Å². The summed E-state index contributed by atoms with van der Waals surface area (Å²) in [5, 5.41) is 0. The zero-order valence-corrected chi connectivity index (χ0v) is 13.8. The summed E-state index contributed by atoms with van der Waals surface area (Å²) in [6.45, 7) is 6.44. The Kier molecular flexibility index (Phi) is 5.85. The first-order valence-electron chi connectivity index (χ1n) is 7.38. The predicted molar refractivity (Wildman–Crippen MR) is 92.5 cm³/mol. The quantitative estimate of drug-likeness (QED) is 0.478. The lowest BCUT2D eigenvalue weighted by atomic mass is 9.97. The number of benzene rings is 2. The van der Waals surface area contributed by atoms with Crippen molar-refractivity contribution >= 4 is 11.8 Å². The van der Waals surface area contributed by atoms with Crippen molar-refractivity contribution in [2.24, 2.45) is 5.84 Å². The lowest BCUT2D eigenvalue weighted by molar-refractivity contribution is 0.551. The molecule has 0 aliphatic carbocycles. The van der Waals surface area contributed by atoms with Crippen LogP contribution in [0.3, 0.4) is 0 Å². The van der Waals surface area contributed by atoms with Crippen LogP contribution in [-0.2, 0) is 6.42 Å². The average molecular weight is 300 g/mol. The second-order valence-corrected chi connectivity index (χ2v) is 6.76. The summed E-state index contributed by atoms with van der Waals surface area (Å²) in [6.07, 6.45) is 0.902. The lowest BCUT2D eigenvalue weighted by Crippen LogP contribution is -2.29. The fourth-order valence-corrected chi connectivity index (χ4v) is 3.32. The number of nitrogens with one attached hydrogen (secondary N) is 1. The third-order valence-electron chi connectivity index (χ3n) is 3.52. The standard InChI is InChI=1S/C18H24N2S/c1-4-21-17-7-5-16(6-8-17)18(20-19)12-15-10-13(2)9-14(3)11-15/h5-11,18,20H,4,12,19H2,1-3H3. The molecule has 1 atom stereocenters. The van der Waals surface area contributed by atoms with E-state index in [0.717, 1.165) is 12.2 Å². The third kappa shape index (κ3) is 4.60. The van der Waals surface area contributed by atoms with Gasteiger partial charge in [-0.05, 0) is 49.3 Å². The first kappa shape index (κ1) is 16.1. The average Bonchev–Trinajstić information content (AvgIpc) is 2.45. The smallest absolute Gasteiger partial charge is 0.0500 e. The minimum atomic E-state index is 0.145. The lowest BCUT2D eigenvalue weighted by Gasteiger charge is -2.17. The van der Waals surface area contributed by atoms with Crippen molar-refractivity contribution < 1.29 is 0 Å². The summed E-state index contributed by atoms with van der Waals surface area (Å²) in [7, 11) is 0. The van der Waals surface area contributed by atoms with Crippen molar-refractivity contribution in [3.8, 4) is 0 Å². The Morgan fingerprint density at radius 1 is 1.05 bits per heavy atom. The van der Waals surface area contributed by atoms with E-state index in [4.69, 9.17) is 5.84 Å². The fourth-order valence-electron chi connectivity index (χ4n) is 2.66. The van der Waals surface area contributed by atoms with Crippen LogP contribution in [-0.4, -0.2) is 5.75 Å². The highest BCUT2D eigenvalue weighted by Crippen LogP contribution is 2.23. The number of hydrazine groups is 1. The zero-order valence-electron chi connectivity index (χ0n) is 13.0. The van der Waals surface area contributed by atoms with E-state index in [1.54, 1.807) is 0 Å². The highest BCUT2D eigenvalue weighted by molar-refractivity contribution is 7.99. The van der Waals surface area contributed by atoms with Gasteiger partial charge in [-0.3, -0.25) is 11.3 Å². The Labute approximate surface area is 132 Å². The molecule has 0 saturated carbocycles. The molecule has 2 nitrogen and oxygen atoms in total. The van der Waals surface area contributed by atoms with E-state index in [9.17, 15) is 0 Å². The molecule has 0 heterocycles. The van der Waals surface area contributed by atoms with Gasteiger partial charge in [0.05, 0.1) is 0 Å². The van der Waals surface area contributed by atoms with Crippen LogP contribution in [0.4, 0.5) is 0 Å². The van der Waals surface area contributed by atoms with E-state index in [-0.39, 0.29) is 6.04 Å². The number of thioether (sulfide) groups is 1. The number of nitrogens with two attached hydrogens (primary N) is 1. The summed E-state index contributed by atoms with van der Waals surface area (Å²) in [5.41, 5.74) is 8.11. The van der Waals surface area contributed by atoms with Crippen molar-refractivity contribution in [1.29, 1.82) is 0 Å². The Morgan fingerprint density at radius 2 is 1.67 bits per heavy atom. The Morgan fingerprint density at radius 3 is 2.19 bits per heavy atom. The van der Waals surface area contributed by atoms with Crippen molar-refractivity contribution in [1.82, 2.24) is 5.43 Å². The highest BCUT2D eigenvalue weighted by Gasteiger charge is 2.11. The Bertz CT molecular complexity index is 558. The highest BCUT2D eigenvalue weighted by atomic mass is 32.2. The van der Waals surface area contributed by atoms with Crippen molar-refractivity contribution in [3.05, 3.63) is 64.7 Å². The van der Waals surface area contributed by atoms with Gasteiger partial charge in [-0.15, -0.1) is 11.8 Å². The van der Waals surface area contributed by atoms with E-state index in [2.05, 4.69) is 68.7 Å². The van der Waals surface area contributed by atoms with Crippen LogP contribution in [0.15, 0.2) is 47.4 Å². The molecule has 3 N–H and O–H groups in total. The monoisotopic (exact) mass is 300 g/mol. The van der Waals surface area contributed by atoms with Crippen LogP contribution in [0.25, 0.3) is 0 Å². The molecule has 0 aliphatic heterocycles. The van der Waals surface area contributed by atoms with Crippen LogP contribution in [0.1, 0.15) is 35.2 Å². The second kappa shape index (κ2) is 7.64. The maximum absolute atomic E-state index is 5.77. The molecule has 3 heteroatoms. The van der Waals surface area contributed by atoms with Crippen LogP contribution < -0.4 is 11.3 Å². The van der Waals surface area contributed by atoms with Gasteiger partial charge < -0.3 is 0 Å². The summed E-state index contributed by atoms with van der Waals surface area (Å²) in [6, 6.07) is 15.5. The van der Waals surface area contributed by atoms with Crippen molar-refractivity contribution in [2.45, 2.75) is 38.1 Å². The van der Waals surface area contributed by atoms with Gasteiger partial charge in [0.15, 0.2) is 0 Å². The molecule has 0 spiro atoms. The van der Waals surface area contributed by atoms with E-state index in [1.165, 1.54) is 27.1 Å². The molecule has 0 aromatic heterocycles. The molecular weight excluding hydrogens is 276 g/mol. The van der Waals surface area contributed by atoms with E-state index in [0.29, 0.717) is 0 Å². The molecule has 2 rings (SSSR count). The molecule has 0 amide bonds. The minimum absolute atomic E-state index is 0.145. The van der Waals surface area contributed by atoms with Gasteiger partial charge in [0, 0.05) is 10.9 Å². The Balaban J connectivity index is 2.15. The van der Waals surface area contributed by atoms with Gasteiger partial charge in [0.1, 0.15) is 0 Å². The number of hydrogen-bond donors (Lipinski definition) is 2. The van der Waals surface area contributed by atoms with E-state index < -0.39 is 0 Å². The molecule has 2 aromatic rings. The van der Waals surface area contributed by atoms with Crippen molar-refractivity contribution in [3.63, 3.8) is 0 Å². The second-order valence-electron chi connectivity index (χ2n) is 5.42. The minimum Gasteiger partial charge on any atom is -0.271 e. The van der Waals surface area contributed by atoms with Gasteiger partial charge in [-0.1, -0.05) is 48.4 Å². The largest absolute Gasteiger partial charge is 0.271 e. The SMILES string of the molecule is CCSc1ccc(C(Cc2cc(C)cc(C)c2)NN)cc1. The van der Waals surface area contributed by atoms with Crippen molar-refractivity contribution in [2.75, 3.05) is 5.75 Å². The molecule has 0 bridgehead atoms. The molecule has 0 fully saturated rings. The van der Waals surface area contributed by atoms with E-state index in [1.807, 2.05) is 11.8 Å².